The van der Waals surface area contributed by atoms with Crippen LogP contribution < -0.4 is 5.73 Å². The largest absolute Gasteiger partial charge is 0.329 e. The highest BCUT2D eigenvalue weighted by Gasteiger charge is 2.06. The van der Waals surface area contributed by atoms with Crippen molar-refractivity contribution in [2.24, 2.45) is 5.73 Å². The van der Waals surface area contributed by atoms with Crippen LogP contribution in [0.25, 0.3) is 10.8 Å². The highest BCUT2D eigenvalue weighted by atomic mass is 15.1. The Morgan fingerprint density at radius 1 is 1.24 bits per heavy atom. The summed E-state index contributed by atoms with van der Waals surface area (Å²) in [5.74, 6) is 0. The number of pyridine rings is 1. The fourth-order valence-corrected chi connectivity index (χ4v) is 2.05. The van der Waals surface area contributed by atoms with E-state index in [4.69, 9.17) is 5.73 Å². The Hall–Kier alpha value is -1.45. The van der Waals surface area contributed by atoms with Crippen molar-refractivity contribution in [1.82, 2.24) is 9.88 Å². The molecule has 1 heterocycles. The Labute approximate surface area is 102 Å². The maximum Gasteiger partial charge on any atom is 0.0622 e. The Morgan fingerprint density at radius 3 is 2.82 bits per heavy atom. The molecule has 3 heteroatoms. The summed E-state index contributed by atoms with van der Waals surface area (Å²) in [7, 11) is 0. The van der Waals surface area contributed by atoms with Crippen LogP contribution in [0.4, 0.5) is 0 Å². The van der Waals surface area contributed by atoms with Gasteiger partial charge >= 0.3 is 0 Å². The summed E-state index contributed by atoms with van der Waals surface area (Å²) in [5, 5.41) is 2.49. The molecule has 90 valence electrons. The summed E-state index contributed by atoms with van der Waals surface area (Å²) in [6.07, 6.45) is 1.88. The van der Waals surface area contributed by atoms with Gasteiger partial charge in [-0.15, -0.1) is 0 Å². The van der Waals surface area contributed by atoms with Crippen LogP contribution >= 0.6 is 0 Å². The molecule has 1 aromatic heterocycles. The normalized spacial score (nSPS) is 11.2. The summed E-state index contributed by atoms with van der Waals surface area (Å²) in [6, 6.07) is 10.4. The molecule has 3 nitrogen and oxygen atoms in total. The lowest BCUT2D eigenvalue weighted by Crippen LogP contribution is -2.29. The Morgan fingerprint density at radius 2 is 2.06 bits per heavy atom. The molecular formula is C14H19N3. The van der Waals surface area contributed by atoms with Gasteiger partial charge in [0.1, 0.15) is 0 Å². The van der Waals surface area contributed by atoms with Gasteiger partial charge in [0.05, 0.1) is 5.69 Å². The highest BCUT2D eigenvalue weighted by Crippen LogP contribution is 2.17. The molecule has 2 N–H and O–H groups in total. The summed E-state index contributed by atoms with van der Waals surface area (Å²) in [4.78, 5) is 6.81. The second-order valence-electron chi connectivity index (χ2n) is 4.14. The van der Waals surface area contributed by atoms with Crippen molar-refractivity contribution < 1.29 is 0 Å². The van der Waals surface area contributed by atoms with Crippen molar-refractivity contribution in [3.63, 3.8) is 0 Å². The third kappa shape index (κ3) is 2.81. The molecule has 0 amide bonds. The van der Waals surface area contributed by atoms with Crippen LogP contribution in [0.2, 0.25) is 0 Å². The van der Waals surface area contributed by atoms with Crippen molar-refractivity contribution in [3.05, 3.63) is 42.2 Å². The van der Waals surface area contributed by atoms with Gasteiger partial charge in [0.15, 0.2) is 0 Å². The van der Waals surface area contributed by atoms with E-state index in [1.807, 2.05) is 6.20 Å². The average molecular weight is 229 g/mol. The second kappa shape index (κ2) is 5.75. The highest BCUT2D eigenvalue weighted by molar-refractivity contribution is 5.84. The molecule has 0 atom stereocenters. The number of rotatable bonds is 5. The van der Waals surface area contributed by atoms with Crippen LogP contribution in [0.3, 0.4) is 0 Å². The van der Waals surface area contributed by atoms with Gasteiger partial charge in [-0.05, 0) is 18.0 Å². The average Bonchev–Trinajstić information content (AvgIpc) is 2.38. The van der Waals surface area contributed by atoms with Crippen molar-refractivity contribution in [2.75, 3.05) is 19.6 Å². The first-order valence-electron chi connectivity index (χ1n) is 6.10. The van der Waals surface area contributed by atoms with E-state index in [0.717, 1.165) is 25.3 Å². The fraction of sp³-hybridized carbons (Fsp3) is 0.357. The van der Waals surface area contributed by atoms with Crippen LogP contribution in [-0.2, 0) is 6.54 Å². The second-order valence-corrected chi connectivity index (χ2v) is 4.14. The first kappa shape index (κ1) is 12.0. The monoisotopic (exact) mass is 229 g/mol. The molecule has 0 aliphatic rings. The van der Waals surface area contributed by atoms with Crippen molar-refractivity contribution in [2.45, 2.75) is 13.5 Å². The molecule has 0 bridgehead atoms. The molecule has 0 spiro atoms. The number of nitrogens with two attached hydrogens (primary N) is 1. The van der Waals surface area contributed by atoms with Gasteiger partial charge in [-0.1, -0.05) is 31.2 Å². The van der Waals surface area contributed by atoms with Gasteiger partial charge in [0, 0.05) is 31.2 Å². The molecule has 0 aliphatic carbocycles. The lowest BCUT2D eigenvalue weighted by Gasteiger charge is -2.19. The number of hydrogen-bond acceptors (Lipinski definition) is 3. The predicted octanol–water partition coefficient (Wildman–Crippen LogP) is 2.02. The third-order valence-corrected chi connectivity index (χ3v) is 3.02. The number of nitrogens with zero attached hydrogens (tertiary/aromatic N) is 2. The summed E-state index contributed by atoms with van der Waals surface area (Å²) >= 11 is 0. The van der Waals surface area contributed by atoms with Crippen molar-refractivity contribution in [1.29, 1.82) is 0 Å². The maximum absolute atomic E-state index is 5.61. The number of aromatic nitrogens is 1. The van der Waals surface area contributed by atoms with Gasteiger partial charge in [-0.3, -0.25) is 9.88 Å². The Bertz CT molecular complexity index is 476. The van der Waals surface area contributed by atoms with Crippen molar-refractivity contribution >= 4 is 10.8 Å². The molecule has 2 rings (SSSR count). The SMILES string of the molecule is CCN(CCN)Cc1nccc2ccccc12. The molecular weight excluding hydrogens is 210 g/mol. The Kier molecular flexibility index (Phi) is 4.07. The minimum Gasteiger partial charge on any atom is -0.329 e. The van der Waals surface area contributed by atoms with E-state index in [1.54, 1.807) is 0 Å². The van der Waals surface area contributed by atoms with E-state index in [9.17, 15) is 0 Å². The lowest BCUT2D eigenvalue weighted by molar-refractivity contribution is 0.286. The molecule has 2 aromatic rings. The third-order valence-electron chi connectivity index (χ3n) is 3.02. The zero-order chi connectivity index (χ0) is 12.1. The molecule has 0 fully saturated rings. The van der Waals surface area contributed by atoms with Crippen LogP contribution in [0.1, 0.15) is 12.6 Å². The summed E-state index contributed by atoms with van der Waals surface area (Å²) in [6.45, 7) is 5.64. The van der Waals surface area contributed by atoms with E-state index in [-0.39, 0.29) is 0 Å². The number of fused-ring (bicyclic) bond motifs is 1. The zero-order valence-corrected chi connectivity index (χ0v) is 10.3. The minimum atomic E-state index is 0.693. The molecule has 17 heavy (non-hydrogen) atoms. The molecule has 0 radical (unpaired) electrons. The quantitative estimate of drug-likeness (QED) is 0.853. The van der Waals surface area contributed by atoms with E-state index in [1.165, 1.54) is 10.8 Å². The van der Waals surface area contributed by atoms with Gasteiger partial charge in [-0.25, -0.2) is 0 Å². The molecule has 0 saturated carbocycles. The van der Waals surface area contributed by atoms with Crippen LogP contribution in [0.5, 0.6) is 0 Å². The van der Waals surface area contributed by atoms with Crippen LogP contribution in [0, 0.1) is 0 Å². The topological polar surface area (TPSA) is 42.1 Å². The molecule has 1 aromatic carbocycles. The smallest absolute Gasteiger partial charge is 0.0622 e. The molecule has 0 aliphatic heterocycles. The van der Waals surface area contributed by atoms with Gasteiger partial charge < -0.3 is 5.73 Å². The Balaban J connectivity index is 2.28. The van der Waals surface area contributed by atoms with Crippen LogP contribution in [0.15, 0.2) is 36.5 Å². The standard InChI is InChI=1S/C14H19N3/c1-2-17(10-8-15)11-14-13-6-4-3-5-12(13)7-9-16-14/h3-7,9H,2,8,10-11,15H2,1H3. The maximum atomic E-state index is 5.61. The zero-order valence-electron chi connectivity index (χ0n) is 10.3. The number of hydrogen-bond donors (Lipinski definition) is 1. The molecule has 0 saturated heterocycles. The van der Waals surface area contributed by atoms with Crippen LogP contribution in [-0.4, -0.2) is 29.5 Å². The summed E-state index contributed by atoms with van der Waals surface area (Å²) < 4.78 is 0. The number of benzene rings is 1. The number of likely N-dealkylation sites (N-methyl/N-ethyl adjacent to an activating group) is 1. The molecule has 0 unspecified atom stereocenters. The fourth-order valence-electron chi connectivity index (χ4n) is 2.05. The van der Waals surface area contributed by atoms with Crippen molar-refractivity contribution in [3.8, 4) is 0 Å². The minimum absolute atomic E-state index is 0.693. The van der Waals surface area contributed by atoms with Gasteiger partial charge in [0.25, 0.3) is 0 Å². The van der Waals surface area contributed by atoms with E-state index < -0.39 is 0 Å². The van der Waals surface area contributed by atoms with E-state index in [0.29, 0.717) is 6.54 Å². The summed E-state index contributed by atoms with van der Waals surface area (Å²) in [5.41, 5.74) is 6.75. The van der Waals surface area contributed by atoms with Gasteiger partial charge in [0.2, 0.25) is 0 Å². The van der Waals surface area contributed by atoms with E-state index in [2.05, 4.69) is 47.1 Å². The lowest BCUT2D eigenvalue weighted by atomic mass is 10.1. The first-order chi connectivity index (χ1) is 8.35. The first-order valence-corrected chi connectivity index (χ1v) is 6.10. The van der Waals surface area contributed by atoms with E-state index >= 15 is 0 Å². The predicted molar refractivity (Wildman–Crippen MR) is 71.7 cm³/mol. The van der Waals surface area contributed by atoms with Gasteiger partial charge in [-0.2, -0.15) is 0 Å².